The van der Waals surface area contributed by atoms with Crippen LogP contribution in [0.15, 0.2) is 107 Å². The van der Waals surface area contributed by atoms with Gasteiger partial charge in [-0.15, -0.1) is 0 Å². The molecule has 0 aliphatic rings. The van der Waals surface area contributed by atoms with E-state index < -0.39 is 9.84 Å². The highest BCUT2D eigenvalue weighted by Gasteiger charge is 2.17. The number of aromatic nitrogens is 1. The van der Waals surface area contributed by atoms with Crippen LogP contribution < -0.4 is 5.32 Å². The Labute approximate surface area is 186 Å². The van der Waals surface area contributed by atoms with Crippen LogP contribution in [-0.2, 0) is 16.4 Å². The molecule has 6 nitrogen and oxygen atoms in total. The van der Waals surface area contributed by atoms with Crippen LogP contribution in [0.4, 0.5) is 0 Å². The summed E-state index contributed by atoms with van der Waals surface area (Å²) in [5, 5.41) is 12.0. The van der Waals surface area contributed by atoms with Gasteiger partial charge in [-0.2, -0.15) is 0 Å². The molecular formula is C25H20N2O4S. The van der Waals surface area contributed by atoms with E-state index in [0.29, 0.717) is 0 Å². The Morgan fingerprint density at radius 3 is 1.97 bits per heavy atom. The zero-order valence-corrected chi connectivity index (χ0v) is 17.8. The zero-order valence-electron chi connectivity index (χ0n) is 17.0. The van der Waals surface area contributed by atoms with E-state index in [4.69, 9.17) is 0 Å². The summed E-state index contributed by atoms with van der Waals surface area (Å²) in [6, 6.07) is 25.7. The molecule has 0 atom stereocenters. The molecule has 0 bridgehead atoms. The van der Waals surface area contributed by atoms with Crippen LogP contribution in [0.1, 0.15) is 16.1 Å². The molecule has 32 heavy (non-hydrogen) atoms. The van der Waals surface area contributed by atoms with Gasteiger partial charge in [0.1, 0.15) is 11.4 Å². The van der Waals surface area contributed by atoms with Crippen molar-refractivity contribution in [3.05, 3.63) is 108 Å². The van der Waals surface area contributed by atoms with E-state index in [9.17, 15) is 18.3 Å². The second-order valence-corrected chi connectivity index (χ2v) is 9.07. The third kappa shape index (κ3) is 4.68. The first-order valence-corrected chi connectivity index (χ1v) is 11.3. The number of amides is 1. The van der Waals surface area contributed by atoms with Crippen LogP contribution in [0.2, 0.25) is 0 Å². The molecule has 0 radical (unpaired) electrons. The lowest BCUT2D eigenvalue weighted by Gasteiger charge is -2.08. The predicted octanol–water partition coefficient (Wildman–Crippen LogP) is 4.22. The second-order valence-electron chi connectivity index (χ2n) is 7.12. The molecule has 1 amide bonds. The summed E-state index contributed by atoms with van der Waals surface area (Å²) in [7, 11) is -3.65. The molecule has 0 aliphatic heterocycles. The lowest BCUT2D eigenvalue weighted by molar-refractivity contribution is 0.0946. The molecule has 0 aliphatic carbocycles. The molecule has 160 valence electrons. The van der Waals surface area contributed by atoms with Gasteiger partial charge in [0.15, 0.2) is 0 Å². The highest BCUT2D eigenvalue weighted by atomic mass is 32.2. The van der Waals surface area contributed by atoms with Gasteiger partial charge in [0.05, 0.1) is 16.0 Å². The van der Waals surface area contributed by atoms with Gasteiger partial charge in [-0.1, -0.05) is 54.6 Å². The minimum atomic E-state index is -3.65. The SMILES string of the molecule is O=C(NCc1ccc(S(=O)(=O)c2ccc(-c3ccccc3)cc2)cc1)c1ccc(O)cn1. The fourth-order valence-corrected chi connectivity index (χ4v) is 4.43. The van der Waals surface area contributed by atoms with Crippen molar-refractivity contribution in [2.24, 2.45) is 0 Å². The van der Waals surface area contributed by atoms with E-state index in [1.165, 1.54) is 30.5 Å². The van der Waals surface area contributed by atoms with Crippen molar-refractivity contribution in [3.8, 4) is 16.9 Å². The van der Waals surface area contributed by atoms with Crippen molar-refractivity contribution in [2.45, 2.75) is 16.3 Å². The maximum atomic E-state index is 13.0. The highest BCUT2D eigenvalue weighted by molar-refractivity contribution is 7.91. The highest BCUT2D eigenvalue weighted by Crippen LogP contribution is 2.25. The van der Waals surface area contributed by atoms with Gasteiger partial charge in [-0.05, 0) is 53.1 Å². The summed E-state index contributed by atoms with van der Waals surface area (Å²) in [5.74, 6) is -0.409. The van der Waals surface area contributed by atoms with E-state index in [0.717, 1.165) is 16.7 Å². The van der Waals surface area contributed by atoms with Crippen molar-refractivity contribution in [1.29, 1.82) is 0 Å². The Kier molecular flexibility index (Phi) is 6.00. The van der Waals surface area contributed by atoms with Crippen molar-refractivity contribution in [1.82, 2.24) is 10.3 Å². The quantitative estimate of drug-likeness (QED) is 0.464. The monoisotopic (exact) mass is 444 g/mol. The van der Waals surface area contributed by atoms with E-state index in [1.807, 2.05) is 30.3 Å². The molecule has 0 spiro atoms. The van der Waals surface area contributed by atoms with E-state index in [-0.39, 0.29) is 33.7 Å². The number of benzene rings is 3. The summed E-state index contributed by atoms with van der Waals surface area (Å²) in [4.78, 5) is 16.4. The number of sulfone groups is 1. The van der Waals surface area contributed by atoms with Crippen molar-refractivity contribution < 1.29 is 18.3 Å². The lowest BCUT2D eigenvalue weighted by Crippen LogP contribution is -2.23. The summed E-state index contributed by atoms with van der Waals surface area (Å²) in [6.07, 6.45) is 1.20. The van der Waals surface area contributed by atoms with Crippen LogP contribution in [0, 0.1) is 0 Å². The van der Waals surface area contributed by atoms with Crippen LogP contribution in [0.25, 0.3) is 11.1 Å². The van der Waals surface area contributed by atoms with Gasteiger partial charge in [0.2, 0.25) is 9.84 Å². The number of nitrogens with zero attached hydrogens (tertiary/aromatic N) is 1. The molecule has 2 N–H and O–H groups in total. The first-order valence-electron chi connectivity index (χ1n) is 9.86. The largest absolute Gasteiger partial charge is 0.506 e. The van der Waals surface area contributed by atoms with Crippen molar-refractivity contribution in [2.75, 3.05) is 0 Å². The van der Waals surface area contributed by atoms with Crippen molar-refractivity contribution >= 4 is 15.7 Å². The molecule has 0 unspecified atom stereocenters. The van der Waals surface area contributed by atoms with Crippen LogP contribution in [0.5, 0.6) is 5.75 Å². The second kappa shape index (κ2) is 9.03. The van der Waals surface area contributed by atoms with Gasteiger partial charge in [-0.3, -0.25) is 4.79 Å². The smallest absolute Gasteiger partial charge is 0.270 e. The van der Waals surface area contributed by atoms with Gasteiger partial charge in [-0.25, -0.2) is 13.4 Å². The number of hydrogen-bond donors (Lipinski definition) is 2. The minimum absolute atomic E-state index is 0.0203. The standard InChI is InChI=1S/C25H20N2O4S/c28-21-10-15-24(26-17-21)25(29)27-16-18-6-11-22(12-7-18)32(30,31)23-13-8-20(9-14-23)19-4-2-1-3-5-19/h1-15,17,28H,16H2,(H,27,29). The number of pyridine rings is 1. The molecule has 0 saturated heterocycles. The Morgan fingerprint density at radius 1 is 0.781 bits per heavy atom. The average molecular weight is 445 g/mol. The van der Waals surface area contributed by atoms with Crippen LogP contribution >= 0.6 is 0 Å². The number of carbonyl (C=O) groups is 1. The molecule has 0 fully saturated rings. The molecular weight excluding hydrogens is 424 g/mol. The lowest BCUT2D eigenvalue weighted by atomic mass is 10.1. The molecule has 3 aromatic carbocycles. The van der Waals surface area contributed by atoms with Crippen LogP contribution in [0.3, 0.4) is 0 Å². The summed E-state index contributed by atoms with van der Waals surface area (Å²) < 4.78 is 25.9. The average Bonchev–Trinajstić information content (AvgIpc) is 2.84. The molecule has 1 heterocycles. The van der Waals surface area contributed by atoms with Gasteiger partial charge >= 0.3 is 0 Å². The van der Waals surface area contributed by atoms with Crippen LogP contribution in [-0.4, -0.2) is 24.4 Å². The van der Waals surface area contributed by atoms with Gasteiger partial charge < -0.3 is 10.4 Å². The molecule has 1 aromatic heterocycles. The molecule has 4 rings (SSSR count). The van der Waals surface area contributed by atoms with E-state index in [2.05, 4.69) is 10.3 Å². The third-order valence-electron chi connectivity index (χ3n) is 4.94. The Bertz CT molecular complexity index is 1320. The Morgan fingerprint density at radius 2 is 1.38 bits per heavy atom. The number of nitrogens with one attached hydrogen (secondary N) is 1. The number of carbonyl (C=O) groups excluding carboxylic acids is 1. The fourth-order valence-electron chi connectivity index (χ4n) is 3.17. The molecule has 7 heteroatoms. The Balaban J connectivity index is 1.44. The topological polar surface area (TPSA) is 96.4 Å². The molecule has 4 aromatic rings. The first kappa shape index (κ1) is 21.3. The predicted molar refractivity (Wildman–Crippen MR) is 121 cm³/mol. The first-order chi connectivity index (χ1) is 15.4. The Hall–Kier alpha value is -3.97. The maximum Gasteiger partial charge on any atom is 0.270 e. The third-order valence-corrected chi connectivity index (χ3v) is 6.72. The number of aromatic hydroxyl groups is 1. The van der Waals surface area contributed by atoms with Gasteiger partial charge in [0, 0.05) is 6.54 Å². The summed E-state index contributed by atoms with van der Waals surface area (Å²) in [6.45, 7) is 0.216. The normalized spacial score (nSPS) is 11.1. The zero-order chi connectivity index (χ0) is 22.6. The number of hydrogen-bond acceptors (Lipinski definition) is 5. The molecule has 0 saturated carbocycles. The minimum Gasteiger partial charge on any atom is -0.506 e. The maximum absolute atomic E-state index is 13.0. The van der Waals surface area contributed by atoms with E-state index >= 15 is 0 Å². The number of rotatable bonds is 6. The summed E-state index contributed by atoms with van der Waals surface area (Å²) in [5.41, 5.74) is 2.89. The van der Waals surface area contributed by atoms with Gasteiger partial charge in [0.25, 0.3) is 5.91 Å². The van der Waals surface area contributed by atoms with E-state index in [1.54, 1.807) is 36.4 Å². The summed E-state index contributed by atoms with van der Waals surface area (Å²) >= 11 is 0. The van der Waals surface area contributed by atoms with Crippen molar-refractivity contribution in [3.63, 3.8) is 0 Å². The fraction of sp³-hybridized carbons (Fsp3) is 0.0400.